The predicted octanol–water partition coefficient (Wildman–Crippen LogP) is 3.31. The molecule has 18 heavy (non-hydrogen) atoms. The van der Waals surface area contributed by atoms with Gasteiger partial charge in [0.25, 0.3) is 0 Å². The van der Waals surface area contributed by atoms with Gasteiger partial charge in [-0.05, 0) is 37.5 Å². The molecule has 1 heterocycles. The highest BCUT2D eigenvalue weighted by Crippen LogP contribution is 2.26. The Morgan fingerprint density at radius 3 is 3.00 bits per heavy atom. The number of hydrogen-bond acceptors (Lipinski definition) is 2. The van der Waals surface area contributed by atoms with E-state index in [0.29, 0.717) is 23.9 Å². The number of nitrogens with zero attached hydrogens (tertiary/aromatic N) is 1. The van der Waals surface area contributed by atoms with Gasteiger partial charge in [0.2, 0.25) is 0 Å². The van der Waals surface area contributed by atoms with Gasteiger partial charge in [-0.15, -0.1) is 0 Å². The molecule has 1 aliphatic heterocycles. The summed E-state index contributed by atoms with van der Waals surface area (Å²) in [6.45, 7) is 2.94. The molecule has 1 amide bonds. The minimum atomic E-state index is -0.976. The summed E-state index contributed by atoms with van der Waals surface area (Å²) in [4.78, 5) is 12.7. The van der Waals surface area contributed by atoms with E-state index >= 15 is 0 Å². The smallest absolute Gasteiger partial charge is 0.411 e. The molecule has 1 aromatic carbocycles. The Labute approximate surface area is 111 Å². The van der Waals surface area contributed by atoms with Crippen LogP contribution >= 0.6 is 11.6 Å². The van der Waals surface area contributed by atoms with Gasteiger partial charge < -0.3 is 9.84 Å². The lowest BCUT2D eigenvalue weighted by Gasteiger charge is -2.24. The van der Waals surface area contributed by atoms with E-state index in [-0.39, 0.29) is 6.10 Å². The van der Waals surface area contributed by atoms with Crippen molar-refractivity contribution in [3.8, 4) is 0 Å². The van der Waals surface area contributed by atoms with Crippen LogP contribution in [0.2, 0.25) is 5.02 Å². The maximum atomic E-state index is 11.4. The predicted molar refractivity (Wildman–Crippen MR) is 70.5 cm³/mol. The maximum Gasteiger partial charge on any atom is 0.411 e. The van der Waals surface area contributed by atoms with E-state index in [1.165, 1.54) is 4.90 Å². The number of amides is 1. The van der Waals surface area contributed by atoms with E-state index in [1.54, 1.807) is 12.1 Å². The average molecular weight is 270 g/mol. The zero-order chi connectivity index (χ0) is 13.1. The highest BCUT2D eigenvalue weighted by atomic mass is 35.5. The summed E-state index contributed by atoms with van der Waals surface area (Å²) >= 11 is 5.93. The maximum absolute atomic E-state index is 11.4. The number of anilines is 1. The Bertz CT molecular complexity index is 444. The lowest BCUT2D eigenvalue weighted by atomic mass is 10.1. The molecule has 0 aliphatic carbocycles. The first-order valence-electron chi connectivity index (χ1n) is 5.96. The number of carbonyl (C=O) groups is 1. The highest BCUT2D eigenvalue weighted by Gasteiger charge is 2.24. The van der Waals surface area contributed by atoms with Gasteiger partial charge >= 0.3 is 6.09 Å². The van der Waals surface area contributed by atoms with Crippen LogP contribution in [0.1, 0.15) is 18.4 Å². The summed E-state index contributed by atoms with van der Waals surface area (Å²) in [5, 5.41) is 9.87. The fourth-order valence-corrected chi connectivity index (χ4v) is 2.31. The van der Waals surface area contributed by atoms with Crippen LogP contribution in [0.25, 0.3) is 0 Å². The van der Waals surface area contributed by atoms with Crippen molar-refractivity contribution in [1.29, 1.82) is 0 Å². The monoisotopic (exact) mass is 269 g/mol. The van der Waals surface area contributed by atoms with Gasteiger partial charge in [-0.1, -0.05) is 17.7 Å². The number of ether oxygens (including phenoxy) is 1. The molecule has 0 spiro atoms. The molecule has 0 bridgehead atoms. The molecule has 0 saturated carbocycles. The second-order valence-electron chi connectivity index (χ2n) is 4.46. The zero-order valence-electron chi connectivity index (χ0n) is 10.2. The van der Waals surface area contributed by atoms with Crippen LogP contribution in [0.5, 0.6) is 0 Å². The van der Waals surface area contributed by atoms with E-state index in [4.69, 9.17) is 16.3 Å². The fraction of sp³-hybridized carbons (Fsp3) is 0.462. The number of carboxylic acid groups (broad SMARTS) is 1. The van der Waals surface area contributed by atoms with Gasteiger partial charge in [0, 0.05) is 11.6 Å². The number of halogens is 1. The van der Waals surface area contributed by atoms with Crippen LogP contribution in [0.15, 0.2) is 18.2 Å². The van der Waals surface area contributed by atoms with E-state index < -0.39 is 6.09 Å². The first-order valence-corrected chi connectivity index (χ1v) is 6.34. The van der Waals surface area contributed by atoms with Crippen molar-refractivity contribution in [2.24, 2.45) is 0 Å². The molecule has 1 atom stereocenters. The van der Waals surface area contributed by atoms with Crippen LogP contribution in [-0.4, -0.2) is 30.5 Å². The molecule has 1 N–H and O–H groups in total. The van der Waals surface area contributed by atoms with Crippen molar-refractivity contribution in [2.75, 3.05) is 18.1 Å². The molecule has 1 fully saturated rings. The molecular formula is C13H16ClNO3. The molecule has 1 saturated heterocycles. The van der Waals surface area contributed by atoms with Gasteiger partial charge in [-0.2, -0.15) is 0 Å². The van der Waals surface area contributed by atoms with Gasteiger partial charge in [0.1, 0.15) is 0 Å². The normalized spacial score (nSPS) is 18.9. The molecular weight excluding hydrogens is 254 g/mol. The van der Waals surface area contributed by atoms with Crippen LogP contribution in [0.4, 0.5) is 10.5 Å². The minimum absolute atomic E-state index is 0.0144. The molecule has 5 heteroatoms. The Kier molecular flexibility index (Phi) is 4.09. The van der Waals surface area contributed by atoms with Crippen molar-refractivity contribution >= 4 is 23.4 Å². The van der Waals surface area contributed by atoms with E-state index in [2.05, 4.69) is 0 Å². The third-order valence-corrected chi connectivity index (χ3v) is 3.34. The van der Waals surface area contributed by atoms with Crippen molar-refractivity contribution in [3.05, 3.63) is 28.8 Å². The SMILES string of the molecule is Cc1ccc(Cl)cc1N(CC1CCCO1)C(=O)O. The average Bonchev–Trinajstić information content (AvgIpc) is 2.82. The number of hydrogen-bond donors (Lipinski definition) is 1. The van der Waals surface area contributed by atoms with Crippen molar-refractivity contribution < 1.29 is 14.6 Å². The van der Waals surface area contributed by atoms with Gasteiger partial charge in [-0.3, -0.25) is 4.90 Å². The number of aryl methyl sites for hydroxylation is 1. The molecule has 0 radical (unpaired) electrons. The molecule has 0 aromatic heterocycles. The highest BCUT2D eigenvalue weighted by molar-refractivity contribution is 6.31. The summed E-state index contributed by atoms with van der Waals surface area (Å²) in [6.07, 6.45) is 0.908. The Balaban J connectivity index is 2.23. The first-order chi connectivity index (χ1) is 8.58. The molecule has 1 aromatic rings. The van der Waals surface area contributed by atoms with E-state index in [9.17, 15) is 9.90 Å². The number of benzene rings is 1. The Morgan fingerprint density at radius 1 is 1.61 bits per heavy atom. The van der Waals surface area contributed by atoms with Crippen LogP contribution < -0.4 is 4.90 Å². The van der Waals surface area contributed by atoms with Gasteiger partial charge in [-0.25, -0.2) is 4.79 Å². The van der Waals surface area contributed by atoms with Crippen LogP contribution in [0, 0.1) is 6.92 Å². The Morgan fingerprint density at radius 2 is 2.39 bits per heavy atom. The van der Waals surface area contributed by atoms with Crippen LogP contribution in [-0.2, 0) is 4.74 Å². The second-order valence-corrected chi connectivity index (χ2v) is 4.90. The minimum Gasteiger partial charge on any atom is -0.465 e. The summed E-state index contributed by atoms with van der Waals surface area (Å²) in [7, 11) is 0. The summed E-state index contributed by atoms with van der Waals surface area (Å²) in [5.74, 6) is 0. The standard InChI is InChI=1S/C13H16ClNO3/c1-9-4-5-10(14)7-12(9)15(13(16)17)8-11-3-2-6-18-11/h4-5,7,11H,2-3,6,8H2,1H3,(H,16,17). The molecule has 1 unspecified atom stereocenters. The lowest BCUT2D eigenvalue weighted by molar-refractivity contribution is 0.114. The molecule has 98 valence electrons. The quantitative estimate of drug-likeness (QED) is 0.916. The van der Waals surface area contributed by atoms with E-state index in [0.717, 1.165) is 18.4 Å². The summed E-state index contributed by atoms with van der Waals surface area (Å²) in [5.41, 5.74) is 1.52. The third-order valence-electron chi connectivity index (χ3n) is 3.10. The summed E-state index contributed by atoms with van der Waals surface area (Å²) in [6, 6.07) is 5.26. The first kappa shape index (κ1) is 13.2. The van der Waals surface area contributed by atoms with Crippen molar-refractivity contribution in [2.45, 2.75) is 25.9 Å². The van der Waals surface area contributed by atoms with Gasteiger partial charge in [0.05, 0.1) is 18.3 Å². The molecule has 1 aliphatic rings. The largest absolute Gasteiger partial charge is 0.465 e. The summed E-state index contributed by atoms with van der Waals surface area (Å²) < 4.78 is 5.49. The van der Waals surface area contributed by atoms with Gasteiger partial charge in [0.15, 0.2) is 0 Å². The second kappa shape index (κ2) is 5.59. The number of rotatable bonds is 3. The zero-order valence-corrected chi connectivity index (χ0v) is 11.0. The van der Waals surface area contributed by atoms with Crippen molar-refractivity contribution in [3.63, 3.8) is 0 Å². The van der Waals surface area contributed by atoms with Crippen LogP contribution in [0.3, 0.4) is 0 Å². The fourth-order valence-electron chi connectivity index (χ4n) is 2.14. The lowest BCUT2D eigenvalue weighted by Crippen LogP contribution is -2.36. The topological polar surface area (TPSA) is 49.8 Å². The van der Waals surface area contributed by atoms with E-state index in [1.807, 2.05) is 13.0 Å². The van der Waals surface area contributed by atoms with Crippen molar-refractivity contribution in [1.82, 2.24) is 0 Å². The molecule has 4 nitrogen and oxygen atoms in total. The Hall–Kier alpha value is -1.26. The third kappa shape index (κ3) is 2.94. The molecule has 2 rings (SSSR count).